The molecule has 4 nitrogen and oxygen atoms in total. The standard InChI is InChI=1S/C22H31N3O/c1-22(2,25-12-6-3-7-13-25)15-23-21(26)16-10-11-20-18(14-16)17-8-4-5-9-19(17)24-20/h10-11,14,24H,3-9,12-13,15H2,1-2H3,(H,23,26). The molecule has 1 amide bonds. The number of aromatic amines is 1. The number of nitrogens with zero attached hydrogens (tertiary/aromatic N) is 1. The Hall–Kier alpha value is -1.81. The zero-order valence-electron chi connectivity index (χ0n) is 16.2. The molecule has 2 aromatic rings. The van der Waals surface area contributed by atoms with Gasteiger partial charge < -0.3 is 10.3 Å². The van der Waals surface area contributed by atoms with E-state index in [9.17, 15) is 4.79 Å². The molecule has 1 fully saturated rings. The van der Waals surface area contributed by atoms with E-state index in [-0.39, 0.29) is 11.4 Å². The summed E-state index contributed by atoms with van der Waals surface area (Å²) in [7, 11) is 0. The summed E-state index contributed by atoms with van der Waals surface area (Å²) in [4.78, 5) is 18.8. The first kappa shape index (κ1) is 17.6. The van der Waals surface area contributed by atoms with Crippen molar-refractivity contribution >= 4 is 16.8 Å². The Morgan fingerprint density at radius 3 is 2.69 bits per heavy atom. The van der Waals surface area contributed by atoms with Gasteiger partial charge in [-0.15, -0.1) is 0 Å². The fourth-order valence-electron chi connectivity index (χ4n) is 4.56. The summed E-state index contributed by atoms with van der Waals surface area (Å²) in [5.74, 6) is 0.0442. The minimum atomic E-state index is 0.00737. The molecule has 2 heterocycles. The molecule has 140 valence electrons. The third-order valence-corrected chi connectivity index (χ3v) is 6.25. The molecule has 0 spiro atoms. The summed E-state index contributed by atoms with van der Waals surface area (Å²) in [5, 5.41) is 4.42. The number of carbonyl (C=O) groups excluding carboxylic acids is 1. The highest BCUT2D eigenvalue weighted by Crippen LogP contribution is 2.29. The zero-order chi connectivity index (χ0) is 18.1. The number of carbonyl (C=O) groups is 1. The van der Waals surface area contributed by atoms with Crippen molar-refractivity contribution in [1.82, 2.24) is 15.2 Å². The number of aryl methyl sites for hydroxylation is 2. The van der Waals surface area contributed by atoms with Crippen molar-refractivity contribution in [3.63, 3.8) is 0 Å². The van der Waals surface area contributed by atoms with Crippen molar-refractivity contribution in [2.24, 2.45) is 0 Å². The predicted octanol–water partition coefficient (Wildman–Crippen LogP) is 4.04. The van der Waals surface area contributed by atoms with Gasteiger partial charge in [-0.05, 0) is 89.2 Å². The second-order valence-corrected chi connectivity index (χ2v) is 8.59. The molecule has 2 aliphatic rings. The SMILES string of the molecule is CC(C)(CNC(=O)c1ccc2[nH]c3c(c2c1)CCCC3)N1CCCCC1. The molecule has 0 unspecified atom stereocenters. The number of nitrogens with one attached hydrogen (secondary N) is 2. The molecule has 1 aliphatic heterocycles. The van der Waals surface area contributed by atoms with Gasteiger partial charge in [0.15, 0.2) is 0 Å². The lowest BCUT2D eigenvalue weighted by Crippen LogP contribution is -2.53. The number of amides is 1. The van der Waals surface area contributed by atoms with E-state index in [4.69, 9.17) is 0 Å². The fourth-order valence-corrected chi connectivity index (χ4v) is 4.56. The van der Waals surface area contributed by atoms with E-state index < -0.39 is 0 Å². The lowest BCUT2D eigenvalue weighted by Gasteiger charge is -2.41. The number of likely N-dealkylation sites (tertiary alicyclic amines) is 1. The molecule has 0 bridgehead atoms. The molecule has 0 saturated carbocycles. The number of H-pyrrole nitrogens is 1. The zero-order valence-corrected chi connectivity index (χ0v) is 16.2. The Kier molecular flexibility index (Phi) is 4.78. The molecule has 26 heavy (non-hydrogen) atoms. The van der Waals surface area contributed by atoms with Gasteiger partial charge in [0.1, 0.15) is 0 Å². The second kappa shape index (κ2) is 7.07. The van der Waals surface area contributed by atoms with E-state index in [1.54, 1.807) is 0 Å². The maximum absolute atomic E-state index is 12.8. The van der Waals surface area contributed by atoms with Gasteiger partial charge in [-0.3, -0.25) is 9.69 Å². The minimum Gasteiger partial charge on any atom is -0.358 e. The van der Waals surface area contributed by atoms with Gasteiger partial charge >= 0.3 is 0 Å². The van der Waals surface area contributed by atoms with Gasteiger partial charge in [-0.2, -0.15) is 0 Å². The number of benzene rings is 1. The van der Waals surface area contributed by atoms with Crippen LogP contribution < -0.4 is 5.32 Å². The summed E-state index contributed by atoms with van der Waals surface area (Å²) in [6.07, 6.45) is 8.65. The number of aromatic nitrogens is 1. The van der Waals surface area contributed by atoms with Crippen LogP contribution in [0.15, 0.2) is 18.2 Å². The second-order valence-electron chi connectivity index (χ2n) is 8.59. The number of piperidine rings is 1. The fraction of sp³-hybridized carbons (Fsp3) is 0.591. The van der Waals surface area contributed by atoms with Gasteiger partial charge in [-0.25, -0.2) is 0 Å². The summed E-state index contributed by atoms with van der Waals surface area (Å²) < 4.78 is 0. The van der Waals surface area contributed by atoms with Crippen LogP contribution in [-0.2, 0) is 12.8 Å². The van der Waals surface area contributed by atoms with Crippen molar-refractivity contribution in [1.29, 1.82) is 0 Å². The van der Waals surface area contributed by atoms with Gasteiger partial charge in [0.2, 0.25) is 0 Å². The van der Waals surface area contributed by atoms with Crippen molar-refractivity contribution in [3.8, 4) is 0 Å². The quantitative estimate of drug-likeness (QED) is 0.871. The van der Waals surface area contributed by atoms with Gasteiger partial charge in [0.25, 0.3) is 5.91 Å². The lowest BCUT2D eigenvalue weighted by molar-refractivity contribution is 0.0797. The predicted molar refractivity (Wildman–Crippen MR) is 107 cm³/mol. The molecule has 1 saturated heterocycles. The van der Waals surface area contributed by atoms with Crippen molar-refractivity contribution in [2.45, 2.75) is 64.3 Å². The molecule has 2 N–H and O–H groups in total. The Morgan fingerprint density at radius 2 is 1.88 bits per heavy atom. The first-order valence-electron chi connectivity index (χ1n) is 10.2. The van der Waals surface area contributed by atoms with Gasteiger partial charge in [0.05, 0.1) is 0 Å². The monoisotopic (exact) mass is 353 g/mol. The Labute approximate surface area is 156 Å². The van der Waals surface area contributed by atoms with E-state index in [0.717, 1.165) is 31.5 Å². The van der Waals surface area contributed by atoms with Crippen molar-refractivity contribution in [2.75, 3.05) is 19.6 Å². The summed E-state index contributed by atoms with van der Waals surface area (Å²) in [5.41, 5.74) is 4.75. The molecule has 4 rings (SSSR count). The highest BCUT2D eigenvalue weighted by Gasteiger charge is 2.28. The number of rotatable bonds is 4. The maximum Gasteiger partial charge on any atom is 0.251 e. The summed E-state index contributed by atoms with van der Waals surface area (Å²) in [6.45, 7) is 7.46. The normalized spacial score (nSPS) is 18.7. The summed E-state index contributed by atoms with van der Waals surface area (Å²) in [6, 6.07) is 6.10. The van der Waals surface area contributed by atoms with E-state index in [2.05, 4.69) is 41.2 Å². The van der Waals surface area contributed by atoms with Crippen LogP contribution in [0.4, 0.5) is 0 Å². The molecule has 0 atom stereocenters. The highest BCUT2D eigenvalue weighted by molar-refractivity contribution is 5.99. The van der Waals surface area contributed by atoms with Crippen LogP contribution in [0.3, 0.4) is 0 Å². The molecular formula is C22H31N3O. The van der Waals surface area contributed by atoms with Gasteiger partial charge in [-0.1, -0.05) is 6.42 Å². The van der Waals surface area contributed by atoms with E-state index in [1.165, 1.54) is 54.3 Å². The maximum atomic E-state index is 12.8. The van der Waals surface area contributed by atoms with Gasteiger partial charge in [0, 0.05) is 34.2 Å². The Morgan fingerprint density at radius 1 is 1.12 bits per heavy atom. The number of hydrogen-bond donors (Lipinski definition) is 2. The van der Waals surface area contributed by atoms with E-state index in [0.29, 0.717) is 6.54 Å². The van der Waals surface area contributed by atoms with Crippen LogP contribution in [0.25, 0.3) is 10.9 Å². The average molecular weight is 354 g/mol. The molecule has 1 aliphatic carbocycles. The summed E-state index contributed by atoms with van der Waals surface area (Å²) >= 11 is 0. The third-order valence-electron chi connectivity index (χ3n) is 6.25. The molecule has 1 aromatic heterocycles. The van der Waals surface area contributed by atoms with Crippen LogP contribution in [0.5, 0.6) is 0 Å². The van der Waals surface area contributed by atoms with Crippen molar-refractivity contribution < 1.29 is 4.79 Å². The average Bonchev–Trinajstić information content (AvgIpc) is 3.05. The van der Waals surface area contributed by atoms with Crippen LogP contribution in [-0.4, -0.2) is 41.0 Å². The van der Waals surface area contributed by atoms with Crippen LogP contribution >= 0.6 is 0 Å². The van der Waals surface area contributed by atoms with Crippen molar-refractivity contribution in [3.05, 3.63) is 35.0 Å². The van der Waals surface area contributed by atoms with Crippen LogP contribution in [0, 0.1) is 0 Å². The first-order valence-corrected chi connectivity index (χ1v) is 10.2. The smallest absolute Gasteiger partial charge is 0.251 e. The largest absolute Gasteiger partial charge is 0.358 e. The molecular weight excluding hydrogens is 322 g/mol. The Balaban J connectivity index is 1.47. The number of hydrogen-bond acceptors (Lipinski definition) is 2. The molecule has 4 heteroatoms. The first-order chi connectivity index (χ1) is 12.5. The topological polar surface area (TPSA) is 48.1 Å². The van der Waals surface area contributed by atoms with Crippen LogP contribution in [0.2, 0.25) is 0 Å². The Bertz CT molecular complexity index is 799. The lowest BCUT2D eigenvalue weighted by atomic mass is 9.95. The van der Waals surface area contributed by atoms with E-state index in [1.807, 2.05) is 6.07 Å². The van der Waals surface area contributed by atoms with E-state index >= 15 is 0 Å². The molecule has 1 aromatic carbocycles. The molecule has 0 radical (unpaired) electrons. The third kappa shape index (κ3) is 3.39. The van der Waals surface area contributed by atoms with Crippen LogP contribution in [0.1, 0.15) is 67.6 Å². The number of fused-ring (bicyclic) bond motifs is 3. The highest BCUT2D eigenvalue weighted by atomic mass is 16.1. The minimum absolute atomic E-state index is 0.00737.